The summed E-state index contributed by atoms with van der Waals surface area (Å²) in [5, 5.41) is 4.80. The molecule has 0 amide bonds. The Morgan fingerprint density at radius 3 is 2.38 bits per heavy atom. The molecular weight excluding hydrogens is 371 g/mol. The summed E-state index contributed by atoms with van der Waals surface area (Å²) in [5.41, 5.74) is 1.73. The van der Waals surface area contributed by atoms with E-state index in [1.807, 2.05) is 22.9 Å². The SMILES string of the molecule is Clc1nc(Cl)c2sccc2n1.Clc1ncc2sccc2n1. The second kappa shape index (κ2) is 6.37. The van der Waals surface area contributed by atoms with Gasteiger partial charge in [0.25, 0.3) is 0 Å². The van der Waals surface area contributed by atoms with E-state index in [-0.39, 0.29) is 5.28 Å². The van der Waals surface area contributed by atoms with Gasteiger partial charge in [-0.1, -0.05) is 11.6 Å². The van der Waals surface area contributed by atoms with E-state index in [4.69, 9.17) is 34.8 Å². The van der Waals surface area contributed by atoms with Gasteiger partial charge in [-0.05, 0) is 46.1 Å². The molecule has 0 N–H and O–H groups in total. The lowest BCUT2D eigenvalue weighted by Gasteiger charge is -1.91. The third kappa shape index (κ3) is 3.41. The smallest absolute Gasteiger partial charge is 0.224 e. The largest absolute Gasteiger partial charge is 0.225 e. The second-order valence-electron chi connectivity index (χ2n) is 3.73. The molecule has 0 aliphatic heterocycles. The fourth-order valence-corrected chi connectivity index (χ4v) is 3.62. The number of hydrogen-bond acceptors (Lipinski definition) is 6. The van der Waals surface area contributed by atoms with Crippen molar-refractivity contribution >= 4 is 77.9 Å². The van der Waals surface area contributed by atoms with E-state index in [1.54, 1.807) is 17.5 Å². The van der Waals surface area contributed by atoms with E-state index in [0.717, 1.165) is 20.4 Å². The average molecular weight is 376 g/mol. The maximum Gasteiger partial charge on any atom is 0.224 e. The average Bonchev–Trinajstić information content (AvgIpc) is 3.06. The highest BCUT2D eigenvalue weighted by Crippen LogP contribution is 2.26. The molecule has 4 heterocycles. The van der Waals surface area contributed by atoms with Crippen LogP contribution in [0.5, 0.6) is 0 Å². The Labute approximate surface area is 142 Å². The molecule has 0 aromatic carbocycles. The molecular formula is C12H5Cl3N4S2. The minimum absolute atomic E-state index is 0.195. The first kappa shape index (κ1) is 14.9. The molecule has 0 fully saturated rings. The van der Waals surface area contributed by atoms with Crippen LogP contribution in [0.25, 0.3) is 20.4 Å². The van der Waals surface area contributed by atoms with Gasteiger partial charge in [-0.2, -0.15) is 0 Å². The highest BCUT2D eigenvalue weighted by atomic mass is 35.5. The standard InChI is InChI=1S/C6H2Cl2N2S.C6H3ClN2S/c7-5-4-3(1-2-11-4)9-6(8)10-5;7-6-8-3-5-4(9-6)1-2-10-5/h1-2H;1-3H. The van der Waals surface area contributed by atoms with Crippen molar-refractivity contribution in [2.75, 3.05) is 0 Å². The van der Waals surface area contributed by atoms with E-state index in [2.05, 4.69) is 19.9 Å². The molecule has 0 radical (unpaired) electrons. The quantitative estimate of drug-likeness (QED) is 0.307. The lowest BCUT2D eigenvalue weighted by molar-refractivity contribution is 1.23. The molecule has 0 aliphatic carbocycles. The van der Waals surface area contributed by atoms with Crippen molar-refractivity contribution in [1.82, 2.24) is 19.9 Å². The van der Waals surface area contributed by atoms with Crippen molar-refractivity contribution in [3.63, 3.8) is 0 Å². The molecule has 0 aliphatic rings. The summed E-state index contributed by atoms with van der Waals surface area (Å²) in [6.45, 7) is 0. The van der Waals surface area contributed by atoms with Crippen LogP contribution in [0.3, 0.4) is 0 Å². The van der Waals surface area contributed by atoms with Gasteiger partial charge in [0.1, 0.15) is 0 Å². The van der Waals surface area contributed by atoms with Gasteiger partial charge in [0, 0.05) is 6.20 Å². The maximum absolute atomic E-state index is 5.78. The third-order valence-electron chi connectivity index (χ3n) is 2.41. The van der Waals surface area contributed by atoms with Crippen LogP contribution in [0, 0.1) is 0 Å². The number of fused-ring (bicyclic) bond motifs is 2. The molecule has 0 unspecified atom stereocenters. The Hall–Kier alpha value is -1.05. The van der Waals surface area contributed by atoms with Gasteiger partial charge in [-0.25, -0.2) is 19.9 Å². The molecule has 0 atom stereocenters. The molecule has 4 rings (SSSR count). The Morgan fingerprint density at radius 1 is 0.810 bits per heavy atom. The molecule has 0 saturated carbocycles. The molecule has 0 bridgehead atoms. The minimum atomic E-state index is 0.195. The number of nitrogens with zero attached hydrogens (tertiary/aromatic N) is 4. The summed E-state index contributed by atoms with van der Waals surface area (Å²) in [4.78, 5) is 15.6. The van der Waals surface area contributed by atoms with Crippen LogP contribution in [-0.2, 0) is 0 Å². The van der Waals surface area contributed by atoms with Crippen molar-refractivity contribution < 1.29 is 0 Å². The highest BCUT2D eigenvalue weighted by molar-refractivity contribution is 7.17. The van der Waals surface area contributed by atoms with Crippen molar-refractivity contribution in [2.24, 2.45) is 0 Å². The van der Waals surface area contributed by atoms with Gasteiger partial charge >= 0.3 is 0 Å². The van der Waals surface area contributed by atoms with E-state index < -0.39 is 0 Å². The lowest BCUT2D eigenvalue weighted by Crippen LogP contribution is -1.81. The molecule has 4 aromatic heterocycles. The zero-order chi connectivity index (χ0) is 14.8. The molecule has 4 aromatic rings. The van der Waals surface area contributed by atoms with Crippen molar-refractivity contribution in [3.05, 3.63) is 44.8 Å². The Morgan fingerprint density at radius 2 is 1.52 bits per heavy atom. The number of halogens is 3. The summed E-state index contributed by atoms with van der Waals surface area (Å²) in [6, 6.07) is 3.78. The Balaban J connectivity index is 0.000000126. The zero-order valence-corrected chi connectivity index (χ0v) is 14.0. The van der Waals surface area contributed by atoms with E-state index >= 15 is 0 Å². The summed E-state index contributed by atoms with van der Waals surface area (Å²) < 4.78 is 1.96. The fraction of sp³-hybridized carbons (Fsp3) is 0. The van der Waals surface area contributed by atoms with Crippen LogP contribution < -0.4 is 0 Å². The van der Waals surface area contributed by atoms with Crippen molar-refractivity contribution in [3.8, 4) is 0 Å². The number of thiophene rings is 2. The Kier molecular flexibility index (Phi) is 4.51. The van der Waals surface area contributed by atoms with Crippen LogP contribution in [0.4, 0.5) is 0 Å². The van der Waals surface area contributed by atoms with Crippen molar-refractivity contribution in [2.45, 2.75) is 0 Å². The molecule has 0 spiro atoms. The first-order valence-electron chi connectivity index (χ1n) is 5.55. The summed E-state index contributed by atoms with van der Waals surface area (Å²) in [6.07, 6.45) is 1.73. The summed E-state index contributed by atoms with van der Waals surface area (Å²) in [7, 11) is 0. The molecule has 4 nitrogen and oxygen atoms in total. The van der Waals surface area contributed by atoms with Gasteiger partial charge < -0.3 is 0 Å². The molecule has 106 valence electrons. The Bertz CT molecular complexity index is 906. The molecule has 21 heavy (non-hydrogen) atoms. The topological polar surface area (TPSA) is 51.6 Å². The number of hydrogen-bond donors (Lipinski definition) is 0. The summed E-state index contributed by atoms with van der Waals surface area (Å²) in [5.74, 6) is 0. The fourth-order valence-electron chi connectivity index (χ4n) is 1.54. The normalized spacial score (nSPS) is 10.6. The first-order chi connectivity index (χ1) is 10.1. The van der Waals surface area contributed by atoms with Gasteiger partial charge in [0.05, 0.1) is 20.4 Å². The highest BCUT2D eigenvalue weighted by Gasteiger charge is 2.04. The van der Waals surface area contributed by atoms with Crippen LogP contribution in [-0.4, -0.2) is 19.9 Å². The van der Waals surface area contributed by atoms with Crippen LogP contribution in [0.2, 0.25) is 15.7 Å². The van der Waals surface area contributed by atoms with Crippen LogP contribution >= 0.6 is 57.5 Å². The summed E-state index contributed by atoms with van der Waals surface area (Å²) >= 11 is 20.0. The molecule has 9 heteroatoms. The predicted octanol–water partition coefficient (Wildman–Crippen LogP) is 5.34. The number of aromatic nitrogens is 4. The third-order valence-corrected chi connectivity index (χ3v) is 4.90. The first-order valence-corrected chi connectivity index (χ1v) is 8.45. The van der Waals surface area contributed by atoms with Gasteiger partial charge in [0.2, 0.25) is 10.6 Å². The van der Waals surface area contributed by atoms with Crippen LogP contribution in [0.15, 0.2) is 29.1 Å². The molecule has 0 saturated heterocycles. The van der Waals surface area contributed by atoms with Gasteiger partial charge in [-0.3, -0.25) is 0 Å². The lowest BCUT2D eigenvalue weighted by atomic mass is 10.5. The van der Waals surface area contributed by atoms with E-state index in [1.165, 1.54) is 11.3 Å². The van der Waals surface area contributed by atoms with Crippen LogP contribution in [0.1, 0.15) is 0 Å². The monoisotopic (exact) mass is 374 g/mol. The number of rotatable bonds is 0. The van der Waals surface area contributed by atoms with Crippen molar-refractivity contribution in [1.29, 1.82) is 0 Å². The van der Waals surface area contributed by atoms with E-state index in [0.29, 0.717) is 10.4 Å². The zero-order valence-electron chi connectivity index (χ0n) is 10.1. The van der Waals surface area contributed by atoms with Gasteiger partial charge in [0.15, 0.2) is 5.15 Å². The predicted molar refractivity (Wildman–Crippen MR) is 89.9 cm³/mol. The minimum Gasteiger partial charge on any atom is -0.225 e. The van der Waals surface area contributed by atoms with Gasteiger partial charge in [-0.15, -0.1) is 22.7 Å². The van der Waals surface area contributed by atoms with E-state index in [9.17, 15) is 0 Å². The maximum atomic E-state index is 5.78. The second-order valence-corrected chi connectivity index (χ2v) is 6.63.